The molecule has 3 heterocycles. The van der Waals surface area contributed by atoms with E-state index in [9.17, 15) is 4.39 Å². The molecule has 5 rings (SSSR count). The number of nitrogens with one attached hydrogen (secondary N) is 1. The molecule has 0 bridgehead atoms. The number of rotatable bonds is 5. The summed E-state index contributed by atoms with van der Waals surface area (Å²) < 4.78 is 22.0. The molecule has 0 atom stereocenters. The molecule has 0 aliphatic carbocycles. The SMILES string of the molecule is Cc1cc(-c2cncc(F)c2)cc(C)c1Oc1nc(Nc2ccc(C#N)cc2)nc2ccn(C)c12. The van der Waals surface area contributed by atoms with Gasteiger partial charge < -0.3 is 14.6 Å². The monoisotopic (exact) mass is 464 g/mol. The number of fused-ring (bicyclic) bond motifs is 1. The fraction of sp³-hybridized carbons (Fsp3) is 0.111. The van der Waals surface area contributed by atoms with Crippen molar-refractivity contribution in [1.82, 2.24) is 19.5 Å². The molecule has 172 valence electrons. The maximum absolute atomic E-state index is 13.7. The largest absolute Gasteiger partial charge is 0.436 e. The molecule has 0 radical (unpaired) electrons. The molecule has 0 amide bonds. The normalized spacial score (nSPS) is 10.8. The molecule has 2 aromatic carbocycles. The number of anilines is 2. The first-order valence-electron chi connectivity index (χ1n) is 10.9. The van der Waals surface area contributed by atoms with Crippen LogP contribution in [0.1, 0.15) is 16.7 Å². The Kier molecular flexibility index (Phi) is 5.59. The van der Waals surface area contributed by atoms with Crippen LogP contribution in [0.15, 0.2) is 67.1 Å². The van der Waals surface area contributed by atoms with Gasteiger partial charge in [-0.3, -0.25) is 4.98 Å². The lowest BCUT2D eigenvalue weighted by molar-refractivity contribution is 0.459. The van der Waals surface area contributed by atoms with Crippen molar-refractivity contribution < 1.29 is 9.13 Å². The van der Waals surface area contributed by atoms with Crippen molar-refractivity contribution in [2.75, 3.05) is 5.32 Å². The van der Waals surface area contributed by atoms with Gasteiger partial charge in [0.1, 0.15) is 17.1 Å². The number of hydrogen-bond acceptors (Lipinski definition) is 6. The number of aryl methyl sites for hydroxylation is 3. The predicted octanol–water partition coefficient (Wildman–Crippen LogP) is 6.19. The number of hydrogen-bond donors (Lipinski definition) is 1. The number of aromatic nitrogens is 4. The van der Waals surface area contributed by atoms with Crippen molar-refractivity contribution in [3.63, 3.8) is 0 Å². The molecule has 35 heavy (non-hydrogen) atoms. The number of nitrogens with zero attached hydrogens (tertiary/aromatic N) is 5. The standard InChI is InChI=1S/C27H21FN6O/c1-16-10-19(20-12-21(28)15-30-14-20)11-17(2)25(16)35-26-24-23(8-9-34(24)3)32-27(33-26)31-22-6-4-18(13-29)5-7-22/h4-12,14-15H,1-3H3,(H,31,32,33). The summed E-state index contributed by atoms with van der Waals surface area (Å²) >= 11 is 0. The Balaban J connectivity index is 1.53. The first-order valence-corrected chi connectivity index (χ1v) is 10.9. The summed E-state index contributed by atoms with van der Waals surface area (Å²) in [7, 11) is 1.91. The number of benzene rings is 2. The third-order valence-corrected chi connectivity index (χ3v) is 5.66. The van der Waals surface area contributed by atoms with Crippen LogP contribution in [0.25, 0.3) is 22.2 Å². The second kappa shape index (κ2) is 8.88. The third-order valence-electron chi connectivity index (χ3n) is 5.66. The van der Waals surface area contributed by atoms with Gasteiger partial charge in [-0.2, -0.15) is 10.2 Å². The summed E-state index contributed by atoms with van der Waals surface area (Å²) in [5, 5.41) is 12.2. The Hall–Kier alpha value is -4.77. The maximum atomic E-state index is 13.7. The lowest BCUT2D eigenvalue weighted by Gasteiger charge is -2.15. The van der Waals surface area contributed by atoms with Crippen LogP contribution in [-0.2, 0) is 7.05 Å². The van der Waals surface area contributed by atoms with Crippen LogP contribution >= 0.6 is 0 Å². The van der Waals surface area contributed by atoms with E-state index in [-0.39, 0.29) is 5.82 Å². The van der Waals surface area contributed by atoms with Crippen LogP contribution in [0, 0.1) is 31.0 Å². The Morgan fingerprint density at radius 3 is 2.40 bits per heavy atom. The highest BCUT2D eigenvalue weighted by molar-refractivity contribution is 5.83. The highest BCUT2D eigenvalue weighted by Gasteiger charge is 2.17. The van der Waals surface area contributed by atoms with E-state index in [4.69, 9.17) is 10.00 Å². The van der Waals surface area contributed by atoms with Crippen LogP contribution in [0.5, 0.6) is 11.6 Å². The Labute approximate surface area is 201 Å². The van der Waals surface area contributed by atoms with Crippen LogP contribution < -0.4 is 10.1 Å². The molecule has 8 heteroatoms. The van der Waals surface area contributed by atoms with E-state index in [1.807, 2.05) is 49.9 Å². The molecular formula is C27H21FN6O. The van der Waals surface area contributed by atoms with Crippen molar-refractivity contribution >= 4 is 22.7 Å². The van der Waals surface area contributed by atoms with Gasteiger partial charge >= 0.3 is 0 Å². The number of halogens is 1. The fourth-order valence-electron chi connectivity index (χ4n) is 3.98. The minimum atomic E-state index is -0.382. The van der Waals surface area contributed by atoms with E-state index in [1.165, 1.54) is 12.3 Å². The van der Waals surface area contributed by atoms with Crippen LogP contribution in [0.2, 0.25) is 0 Å². The highest BCUT2D eigenvalue weighted by atomic mass is 19.1. The quantitative estimate of drug-likeness (QED) is 0.333. The Bertz CT molecular complexity index is 1580. The average Bonchev–Trinajstić information content (AvgIpc) is 3.22. The zero-order chi connectivity index (χ0) is 24.5. The van der Waals surface area contributed by atoms with E-state index in [2.05, 4.69) is 26.3 Å². The number of ether oxygens (including phenoxy) is 1. The van der Waals surface area contributed by atoms with Gasteiger partial charge in [-0.25, -0.2) is 9.37 Å². The molecule has 0 saturated heterocycles. The average molecular weight is 465 g/mol. The van der Waals surface area contributed by atoms with E-state index >= 15 is 0 Å². The second-order valence-corrected chi connectivity index (χ2v) is 8.26. The first-order chi connectivity index (χ1) is 16.9. The van der Waals surface area contributed by atoms with Crippen molar-refractivity contribution in [3.05, 3.63) is 89.6 Å². The van der Waals surface area contributed by atoms with Crippen LogP contribution in [0.4, 0.5) is 16.0 Å². The van der Waals surface area contributed by atoms with Gasteiger partial charge in [-0.15, -0.1) is 0 Å². The van der Waals surface area contributed by atoms with Gasteiger partial charge in [0.2, 0.25) is 11.8 Å². The van der Waals surface area contributed by atoms with Crippen molar-refractivity contribution in [1.29, 1.82) is 5.26 Å². The Morgan fingerprint density at radius 1 is 0.971 bits per heavy atom. The van der Waals surface area contributed by atoms with Crippen LogP contribution in [-0.4, -0.2) is 19.5 Å². The molecule has 5 aromatic rings. The minimum Gasteiger partial charge on any atom is -0.436 e. The second-order valence-electron chi connectivity index (χ2n) is 8.26. The van der Waals surface area contributed by atoms with Gasteiger partial charge in [0.15, 0.2) is 0 Å². The number of nitriles is 1. The van der Waals surface area contributed by atoms with Gasteiger partial charge in [0, 0.05) is 30.7 Å². The summed E-state index contributed by atoms with van der Waals surface area (Å²) in [6, 6.07) is 16.4. The predicted molar refractivity (Wildman–Crippen MR) is 132 cm³/mol. The van der Waals surface area contributed by atoms with Gasteiger partial charge in [0.25, 0.3) is 0 Å². The lowest BCUT2D eigenvalue weighted by Crippen LogP contribution is -2.02. The summed E-state index contributed by atoms with van der Waals surface area (Å²) in [6.07, 6.45) is 4.72. The van der Waals surface area contributed by atoms with E-state index < -0.39 is 0 Å². The molecule has 3 aromatic heterocycles. The summed E-state index contributed by atoms with van der Waals surface area (Å²) in [5.41, 5.74) is 6.13. The molecule has 0 fully saturated rings. The van der Waals surface area contributed by atoms with E-state index in [0.717, 1.165) is 33.4 Å². The molecular weight excluding hydrogens is 443 g/mol. The van der Waals surface area contributed by atoms with E-state index in [1.54, 1.807) is 30.5 Å². The van der Waals surface area contributed by atoms with Crippen LogP contribution in [0.3, 0.4) is 0 Å². The summed E-state index contributed by atoms with van der Waals surface area (Å²) in [5.74, 6) is 1.07. The fourth-order valence-corrected chi connectivity index (χ4v) is 3.98. The molecule has 7 nitrogen and oxygen atoms in total. The Morgan fingerprint density at radius 2 is 1.71 bits per heavy atom. The molecule has 1 N–H and O–H groups in total. The molecule has 0 saturated carbocycles. The van der Waals surface area contributed by atoms with Crippen molar-refractivity contribution in [2.24, 2.45) is 7.05 Å². The van der Waals surface area contributed by atoms with Gasteiger partial charge in [0.05, 0.1) is 23.3 Å². The zero-order valence-corrected chi connectivity index (χ0v) is 19.4. The molecule has 0 spiro atoms. The third kappa shape index (κ3) is 4.39. The topological polar surface area (TPSA) is 88.7 Å². The van der Waals surface area contributed by atoms with Gasteiger partial charge in [-0.05, 0) is 79.1 Å². The summed E-state index contributed by atoms with van der Waals surface area (Å²) in [6.45, 7) is 3.88. The molecule has 0 aliphatic heterocycles. The molecule has 0 aliphatic rings. The zero-order valence-electron chi connectivity index (χ0n) is 19.4. The first kappa shape index (κ1) is 22.0. The maximum Gasteiger partial charge on any atom is 0.249 e. The summed E-state index contributed by atoms with van der Waals surface area (Å²) in [4.78, 5) is 13.2. The lowest BCUT2D eigenvalue weighted by atomic mass is 10.0. The highest BCUT2D eigenvalue weighted by Crippen LogP contribution is 2.36. The number of pyridine rings is 1. The van der Waals surface area contributed by atoms with Crippen molar-refractivity contribution in [2.45, 2.75) is 13.8 Å². The van der Waals surface area contributed by atoms with Gasteiger partial charge in [-0.1, -0.05) is 0 Å². The smallest absolute Gasteiger partial charge is 0.249 e. The van der Waals surface area contributed by atoms with Crippen molar-refractivity contribution in [3.8, 4) is 28.8 Å². The molecule has 0 unspecified atom stereocenters. The van der Waals surface area contributed by atoms with E-state index in [0.29, 0.717) is 28.7 Å². The minimum absolute atomic E-state index is 0.376.